The molecule has 0 saturated heterocycles. The highest BCUT2D eigenvalue weighted by atomic mass is 79.9. The Kier molecular flexibility index (Phi) is 3.98. The van der Waals surface area contributed by atoms with Crippen LogP contribution in [0.1, 0.15) is 22.7 Å². The second kappa shape index (κ2) is 6.53. The number of halogens is 1. The van der Waals surface area contributed by atoms with Crippen LogP contribution in [-0.4, -0.2) is 15.9 Å². The fourth-order valence-corrected chi connectivity index (χ4v) is 4.50. The second-order valence-electron chi connectivity index (χ2n) is 7.08. The number of aromatic nitrogens is 1. The third-order valence-electron chi connectivity index (χ3n) is 5.45. The highest BCUT2D eigenvalue weighted by Crippen LogP contribution is 2.42. The minimum atomic E-state index is -0.410. The van der Waals surface area contributed by atoms with Gasteiger partial charge in [0.05, 0.1) is 6.04 Å². The summed E-state index contributed by atoms with van der Waals surface area (Å²) < 4.78 is 1.00. The quantitative estimate of drug-likeness (QED) is 0.427. The van der Waals surface area contributed by atoms with Crippen molar-refractivity contribution in [1.82, 2.24) is 9.88 Å². The third-order valence-corrected chi connectivity index (χ3v) is 5.94. The number of amides is 2. The molecule has 0 aliphatic carbocycles. The number of urea groups is 1. The van der Waals surface area contributed by atoms with Gasteiger partial charge in [-0.3, -0.25) is 0 Å². The number of rotatable bonds is 2. The number of nitrogens with two attached hydrogens (primary N) is 1. The summed E-state index contributed by atoms with van der Waals surface area (Å²) in [5.74, 6) is 0. The van der Waals surface area contributed by atoms with E-state index in [0.29, 0.717) is 6.54 Å². The SMILES string of the molecule is NC(=O)N1Cc2cc(-c3ccccc3)ccc2C1c1c[nH]c2ccc(Br)cc12. The lowest BCUT2D eigenvalue weighted by atomic mass is 9.94. The molecule has 3 N–H and O–H groups in total. The van der Waals surface area contributed by atoms with Crippen LogP contribution in [0.25, 0.3) is 22.0 Å². The van der Waals surface area contributed by atoms with Crippen molar-refractivity contribution in [2.75, 3.05) is 0 Å². The first kappa shape index (κ1) is 17.1. The van der Waals surface area contributed by atoms with Crippen molar-refractivity contribution in [1.29, 1.82) is 0 Å². The average molecular weight is 432 g/mol. The maximum absolute atomic E-state index is 12.3. The molecule has 0 bridgehead atoms. The molecular formula is C23H18BrN3O. The molecule has 0 saturated carbocycles. The predicted molar refractivity (Wildman–Crippen MR) is 115 cm³/mol. The standard InChI is InChI=1S/C23H18BrN3O/c24-17-7-9-21-19(11-17)20(12-26-21)22-18-8-6-15(14-4-2-1-3-5-14)10-16(18)13-27(22)23(25)28/h1-12,22,26H,13H2,(H2,25,28). The van der Waals surface area contributed by atoms with E-state index < -0.39 is 6.03 Å². The molecular weight excluding hydrogens is 414 g/mol. The molecule has 5 rings (SSSR count). The summed E-state index contributed by atoms with van der Waals surface area (Å²) >= 11 is 3.55. The van der Waals surface area contributed by atoms with Crippen LogP contribution in [0.5, 0.6) is 0 Å². The molecule has 0 fully saturated rings. The van der Waals surface area contributed by atoms with E-state index in [4.69, 9.17) is 5.73 Å². The first-order valence-corrected chi connectivity index (χ1v) is 9.92. The molecule has 138 valence electrons. The van der Waals surface area contributed by atoms with Crippen LogP contribution in [0.2, 0.25) is 0 Å². The van der Waals surface area contributed by atoms with Crippen molar-refractivity contribution in [2.45, 2.75) is 12.6 Å². The van der Waals surface area contributed by atoms with Crippen LogP contribution in [0.15, 0.2) is 77.4 Å². The van der Waals surface area contributed by atoms with Gasteiger partial charge >= 0.3 is 6.03 Å². The van der Waals surface area contributed by atoms with Crippen LogP contribution in [0.4, 0.5) is 4.79 Å². The summed E-state index contributed by atoms with van der Waals surface area (Å²) in [6.45, 7) is 0.511. The van der Waals surface area contributed by atoms with Crippen LogP contribution >= 0.6 is 15.9 Å². The topological polar surface area (TPSA) is 62.1 Å². The predicted octanol–water partition coefficient (Wildman–Crippen LogP) is 5.58. The first-order valence-electron chi connectivity index (χ1n) is 9.12. The van der Waals surface area contributed by atoms with Gasteiger partial charge in [-0.05, 0) is 46.5 Å². The number of aromatic amines is 1. The lowest BCUT2D eigenvalue weighted by Crippen LogP contribution is -2.34. The normalized spacial score (nSPS) is 15.8. The van der Waals surface area contributed by atoms with E-state index in [1.807, 2.05) is 36.5 Å². The number of H-pyrrole nitrogens is 1. The second-order valence-corrected chi connectivity index (χ2v) is 8.00. The molecule has 28 heavy (non-hydrogen) atoms. The molecule has 4 nitrogen and oxygen atoms in total. The summed E-state index contributed by atoms with van der Waals surface area (Å²) in [5, 5.41) is 1.09. The van der Waals surface area contributed by atoms with Gasteiger partial charge in [0, 0.05) is 33.7 Å². The summed E-state index contributed by atoms with van der Waals surface area (Å²) in [6, 6.07) is 22.2. The lowest BCUT2D eigenvalue weighted by molar-refractivity contribution is 0.199. The fraction of sp³-hybridized carbons (Fsp3) is 0.0870. The number of carbonyl (C=O) groups excluding carboxylic acids is 1. The van der Waals surface area contributed by atoms with Crippen molar-refractivity contribution in [3.8, 4) is 11.1 Å². The van der Waals surface area contributed by atoms with Gasteiger partial charge in [0.2, 0.25) is 0 Å². The van der Waals surface area contributed by atoms with E-state index in [1.54, 1.807) is 4.90 Å². The average Bonchev–Trinajstić information content (AvgIpc) is 3.28. The maximum atomic E-state index is 12.3. The summed E-state index contributed by atoms with van der Waals surface area (Å²) in [7, 11) is 0. The highest BCUT2D eigenvalue weighted by Gasteiger charge is 2.35. The number of primary amides is 1. The molecule has 5 heteroatoms. The van der Waals surface area contributed by atoms with E-state index in [9.17, 15) is 4.79 Å². The summed E-state index contributed by atoms with van der Waals surface area (Å²) in [4.78, 5) is 17.3. The van der Waals surface area contributed by atoms with Crippen molar-refractivity contribution in [2.24, 2.45) is 5.73 Å². The Morgan fingerprint density at radius 1 is 1.00 bits per heavy atom. The molecule has 2 amide bonds. The van der Waals surface area contributed by atoms with E-state index in [-0.39, 0.29) is 6.04 Å². The van der Waals surface area contributed by atoms with Gasteiger partial charge < -0.3 is 15.6 Å². The maximum Gasteiger partial charge on any atom is 0.315 e. The number of nitrogens with one attached hydrogen (secondary N) is 1. The molecule has 1 aliphatic rings. The van der Waals surface area contributed by atoms with Crippen LogP contribution < -0.4 is 5.73 Å². The van der Waals surface area contributed by atoms with Crippen LogP contribution in [-0.2, 0) is 6.54 Å². The van der Waals surface area contributed by atoms with Gasteiger partial charge in [0.1, 0.15) is 0 Å². The van der Waals surface area contributed by atoms with E-state index in [0.717, 1.165) is 43.2 Å². The Morgan fingerprint density at radius 2 is 1.82 bits per heavy atom. The minimum Gasteiger partial charge on any atom is -0.361 e. The van der Waals surface area contributed by atoms with Crippen LogP contribution in [0.3, 0.4) is 0 Å². The number of carbonyl (C=O) groups is 1. The highest BCUT2D eigenvalue weighted by molar-refractivity contribution is 9.10. The fourth-order valence-electron chi connectivity index (χ4n) is 4.14. The smallest absolute Gasteiger partial charge is 0.315 e. The number of nitrogens with zero attached hydrogens (tertiary/aromatic N) is 1. The Hall–Kier alpha value is -3.05. The molecule has 1 atom stereocenters. The van der Waals surface area contributed by atoms with Gasteiger partial charge in [-0.15, -0.1) is 0 Å². The molecule has 1 unspecified atom stereocenters. The zero-order valence-electron chi connectivity index (χ0n) is 15.0. The molecule has 1 aliphatic heterocycles. The van der Waals surface area contributed by atoms with Crippen molar-refractivity contribution in [3.05, 3.63) is 94.1 Å². The summed E-state index contributed by atoms with van der Waals surface area (Å²) in [5.41, 5.74) is 12.4. The van der Waals surface area contributed by atoms with Crippen LogP contribution in [0, 0.1) is 0 Å². The summed E-state index contributed by atoms with van der Waals surface area (Å²) in [6.07, 6.45) is 1.98. The molecule has 3 aromatic carbocycles. The number of hydrogen-bond donors (Lipinski definition) is 2. The molecule has 2 heterocycles. The molecule has 1 aromatic heterocycles. The van der Waals surface area contributed by atoms with E-state index in [2.05, 4.69) is 57.3 Å². The number of hydrogen-bond acceptors (Lipinski definition) is 1. The zero-order chi connectivity index (χ0) is 19.3. The number of benzene rings is 3. The Morgan fingerprint density at radius 3 is 2.61 bits per heavy atom. The van der Waals surface area contributed by atoms with Gasteiger partial charge in [-0.1, -0.05) is 58.4 Å². The Labute approximate surface area is 171 Å². The Bertz CT molecular complexity index is 1200. The number of fused-ring (bicyclic) bond motifs is 2. The van der Waals surface area contributed by atoms with Gasteiger partial charge in [-0.25, -0.2) is 4.79 Å². The van der Waals surface area contributed by atoms with Crippen molar-refractivity contribution < 1.29 is 4.79 Å². The molecule has 0 radical (unpaired) electrons. The lowest BCUT2D eigenvalue weighted by Gasteiger charge is -2.23. The van der Waals surface area contributed by atoms with Gasteiger partial charge in [0.15, 0.2) is 0 Å². The van der Waals surface area contributed by atoms with Gasteiger partial charge in [0.25, 0.3) is 0 Å². The minimum absolute atomic E-state index is 0.194. The Balaban J connectivity index is 1.66. The van der Waals surface area contributed by atoms with E-state index >= 15 is 0 Å². The zero-order valence-corrected chi connectivity index (χ0v) is 16.6. The first-order chi connectivity index (χ1) is 13.6. The van der Waals surface area contributed by atoms with Crippen molar-refractivity contribution >= 4 is 32.9 Å². The van der Waals surface area contributed by atoms with Gasteiger partial charge in [-0.2, -0.15) is 0 Å². The van der Waals surface area contributed by atoms with E-state index in [1.165, 1.54) is 0 Å². The largest absolute Gasteiger partial charge is 0.361 e. The van der Waals surface area contributed by atoms with Crippen molar-refractivity contribution in [3.63, 3.8) is 0 Å². The monoisotopic (exact) mass is 431 g/mol. The molecule has 0 spiro atoms. The molecule has 4 aromatic rings. The third kappa shape index (κ3) is 2.70.